The van der Waals surface area contributed by atoms with Crippen LogP contribution in [0.5, 0.6) is 11.5 Å². The molecule has 8 N–H and O–H groups in total. The Morgan fingerprint density at radius 3 is 2.19 bits per heavy atom. The zero-order valence-electron chi connectivity index (χ0n) is 29.0. The van der Waals surface area contributed by atoms with E-state index in [2.05, 4.69) is 20.9 Å². The van der Waals surface area contributed by atoms with Crippen molar-refractivity contribution in [3.05, 3.63) is 66.0 Å². The predicted octanol–water partition coefficient (Wildman–Crippen LogP) is 2.15. The number of nitrogens with one attached hydrogen (secondary N) is 3. The minimum atomic E-state index is -1.29. The Hall–Kier alpha value is -4.90. The second kappa shape index (κ2) is 15.8. The summed E-state index contributed by atoms with van der Waals surface area (Å²) in [6, 6.07) is 12.0. The first-order chi connectivity index (χ1) is 24.3. The van der Waals surface area contributed by atoms with Gasteiger partial charge in [0.1, 0.15) is 35.9 Å². The lowest BCUT2D eigenvalue weighted by atomic mass is 9.91. The maximum Gasteiger partial charge on any atom is 0.407 e. The van der Waals surface area contributed by atoms with E-state index in [9.17, 15) is 35.1 Å². The van der Waals surface area contributed by atoms with Gasteiger partial charge in [0.05, 0.1) is 24.5 Å². The highest BCUT2D eigenvalue weighted by Crippen LogP contribution is 2.36. The molecule has 0 bridgehead atoms. The third kappa shape index (κ3) is 8.58. The second-order valence-electron chi connectivity index (χ2n) is 14.0. The SMILES string of the molecule is CC(C)(C)OC(=O)N[C@@H]1CCN(c2nc(NCC(c3ccc(O)cc3)c3ccc(O)cc3)c3ncn([C@@H]4C[C@H](NC(=O)CO)[C@@H](O)[C@H]4O)c3n2)C1.Cl. The average Bonchev–Trinajstić information content (AvgIpc) is 3.80. The number of benzene rings is 2. The fraction of sp³-hybridized carbons (Fsp3) is 0.457. The van der Waals surface area contributed by atoms with Crippen LogP contribution >= 0.6 is 12.4 Å². The number of fused-ring (bicyclic) bond motifs is 1. The Balaban J connectivity index is 0.00000523. The lowest BCUT2D eigenvalue weighted by molar-refractivity contribution is -0.125. The van der Waals surface area contributed by atoms with Gasteiger partial charge in [0.2, 0.25) is 11.9 Å². The van der Waals surface area contributed by atoms with E-state index >= 15 is 0 Å². The van der Waals surface area contributed by atoms with E-state index in [1.54, 1.807) is 49.6 Å². The molecular formula is C35H45ClN8O8. The number of hydrogen-bond donors (Lipinski definition) is 8. The van der Waals surface area contributed by atoms with Gasteiger partial charge in [-0.2, -0.15) is 9.97 Å². The number of phenolic OH excluding ortho intramolecular Hbond substituents is 2. The molecule has 17 heteroatoms. The molecular weight excluding hydrogens is 696 g/mol. The van der Waals surface area contributed by atoms with Crippen molar-refractivity contribution in [2.45, 2.75) is 75.5 Å². The molecule has 52 heavy (non-hydrogen) atoms. The van der Waals surface area contributed by atoms with Crippen LogP contribution in [0.15, 0.2) is 54.9 Å². The Bertz CT molecular complexity index is 1810. The molecule has 0 spiro atoms. The molecule has 280 valence electrons. The summed E-state index contributed by atoms with van der Waals surface area (Å²) in [6.45, 7) is 5.90. The fourth-order valence-electron chi connectivity index (χ4n) is 6.67. The second-order valence-corrected chi connectivity index (χ2v) is 14.0. The minimum Gasteiger partial charge on any atom is -0.508 e. The van der Waals surface area contributed by atoms with Gasteiger partial charge in [-0.15, -0.1) is 12.4 Å². The summed E-state index contributed by atoms with van der Waals surface area (Å²) in [5.74, 6) is 0.109. The third-order valence-corrected chi connectivity index (χ3v) is 9.17. The van der Waals surface area contributed by atoms with Gasteiger partial charge in [-0.3, -0.25) is 4.79 Å². The number of hydrogen-bond acceptors (Lipinski definition) is 13. The van der Waals surface area contributed by atoms with Gasteiger partial charge < -0.3 is 55.7 Å². The molecule has 0 radical (unpaired) electrons. The molecule has 1 aliphatic carbocycles. The summed E-state index contributed by atoms with van der Waals surface area (Å²) in [6.07, 6.45) is -0.805. The van der Waals surface area contributed by atoms with Gasteiger partial charge >= 0.3 is 6.09 Å². The highest BCUT2D eigenvalue weighted by molar-refractivity contribution is 5.85. The van der Waals surface area contributed by atoms with E-state index in [1.807, 2.05) is 29.2 Å². The number of aliphatic hydroxyl groups is 3. The molecule has 6 rings (SSSR count). The molecule has 4 aromatic rings. The summed E-state index contributed by atoms with van der Waals surface area (Å²) in [5, 5.41) is 59.9. The van der Waals surface area contributed by atoms with Crippen molar-refractivity contribution in [3.63, 3.8) is 0 Å². The molecule has 2 fully saturated rings. The topological polar surface area (TPSA) is 227 Å². The Morgan fingerprint density at radius 2 is 1.60 bits per heavy atom. The molecule has 16 nitrogen and oxygen atoms in total. The van der Waals surface area contributed by atoms with Gasteiger partial charge in [0.15, 0.2) is 17.0 Å². The van der Waals surface area contributed by atoms with E-state index < -0.39 is 48.5 Å². The number of phenols is 2. The van der Waals surface area contributed by atoms with Crippen LogP contribution in [-0.2, 0) is 9.53 Å². The maximum atomic E-state index is 12.5. The largest absolute Gasteiger partial charge is 0.508 e. The first-order valence-electron chi connectivity index (χ1n) is 16.9. The number of ether oxygens (including phenoxy) is 1. The van der Waals surface area contributed by atoms with Crippen molar-refractivity contribution in [1.82, 2.24) is 30.2 Å². The molecule has 5 atom stereocenters. The van der Waals surface area contributed by atoms with Crippen LogP contribution in [0, 0.1) is 0 Å². The molecule has 2 aliphatic rings. The van der Waals surface area contributed by atoms with Crippen LogP contribution in [0.2, 0.25) is 0 Å². The number of anilines is 2. The third-order valence-electron chi connectivity index (χ3n) is 9.17. The predicted molar refractivity (Wildman–Crippen MR) is 194 cm³/mol. The van der Waals surface area contributed by atoms with Gasteiger partial charge in [0.25, 0.3) is 0 Å². The number of imidazole rings is 1. The van der Waals surface area contributed by atoms with Crippen LogP contribution < -0.4 is 20.9 Å². The number of halogens is 1. The van der Waals surface area contributed by atoms with E-state index in [1.165, 1.54) is 6.33 Å². The number of aromatic hydroxyl groups is 2. The molecule has 0 unspecified atom stereocenters. The zero-order valence-corrected chi connectivity index (χ0v) is 29.8. The van der Waals surface area contributed by atoms with E-state index in [0.717, 1.165) is 11.1 Å². The number of nitrogens with zero attached hydrogens (tertiary/aromatic N) is 5. The highest BCUT2D eigenvalue weighted by Gasteiger charge is 2.44. The first kappa shape index (κ1) is 38.3. The van der Waals surface area contributed by atoms with Gasteiger partial charge in [-0.1, -0.05) is 24.3 Å². The number of aliphatic hydroxyl groups excluding tert-OH is 3. The Morgan fingerprint density at radius 1 is 0.962 bits per heavy atom. The summed E-state index contributed by atoms with van der Waals surface area (Å²) in [4.78, 5) is 40.8. The van der Waals surface area contributed by atoms with Crippen LogP contribution in [0.3, 0.4) is 0 Å². The van der Waals surface area contributed by atoms with Crippen LogP contribution in [0.4, 0.5) is 16.6 Å². The van der Waals surface area contributed by atoms with Crippen LogP contribution in [0.25, 0.3) is 11.2 Å². The summed E-state index contributed by atoms with van der Waals surface area (Å²) >= 11 is 0. The number of amides is 2. The summed E-state index contributed by atoms with van der Waals surface area (Å²) < 4.78 is 7.11. The molecule has 3 heterocycles. The van der Waals surface area contributed by atoms with Gasteiger partial charge in [-0.05, 0) is 69.0 Å². The van der Waals surface area contributed by atoms with Crippen molar-refractivity contribution in [1.29, 1.82) is 0 Å². The van der Waals surface area contributed by atoms with Gasteiger partial charge in [0, 0.05) is 25.6 Å². The van der Waals surface area contributed by atoms with Crippen LogP contribution in [-0.4, -0.2) is 113 Å². The van der Waals surface area contributed by atoms with E-state index in [0.29, 0.717) is 49.0 Å². The normalized spacial score (nSPS) is 21.6. The number of carbonyl (C=O) groups excluding carboxylic acids is 2. The fourth-order valence-corrected chi connectivity index (χ4v) is 6.67. The highest BCUT2D eigenvalue weighted by atomic mass is 35.5. The number of rotatable bonds is 10. The molecule has 2 amide bonds. The van der Waals surface area contributed by atoms with Crippen molar-refractivity contribution < 1.29 is 39.9 Å². The smallest absolute Gasteiger partial charge is 0.407 e. The lowest BCUT2D eigenvalue weighted by Gasteiger charge is -2.23. The van der Waals surface area contributed by atoms with Crippen molar-refractivity contribution in [3.8, 4) is 11.5 Å². The standard InChI is InChI=1S/C35H44N8O8.ClH/c1-35(2,3)51-34(50)38-21-12-13-42(16-21)33-40-31(36-15-24(19-4-8-22(45)9-5-19)20-6-10-23(46)11-7-20)28-32(41-33)43(18-37-28)26-14-25(29(48)30(26)49)39-27(47)17-44;/h4-11,18,21,24-26,29-30,44-46,48-49H,12-17H2,1-3H3,(H,38,50)(H,39,47)(H,36,40,41);1H/t21-,25+,26-,29-,30+;/m1./s1. The number of aromatic nitrogens is 4. The molecule has 1 aliphatic heterocycles. The number of carbonyl (C=O) groups is 2. The molecule has 1 saturated heterocycles. The zero-order chi connectivity index (χ0) is 36.4. The minimum absolute atomic E-state index is 0. The molecule has 2 aromatic heterocycles. The maximum absolute atomic E-state index is 12.5. The Kier molecular flexibility index (Phi) is 11.6. The average molecular weight is 741 g/mol. The van der Waals surface area contributed by atoms with Crippen molar-refractivity contribution >= 4 is 47.3 Å². The van der Waals surface area contributed by atoms with Crippen molar-refractivity contribution in [2.75, 3.05) is 36.5 Å². The summed E-state index contributed by atoms with van der Waals surface area (Å²) in [5.41, 5.74) is 1.93. The van der Waals surface area contributed by atoms with Crippen LogP contribution in [0.1, 0.15) is 56.7 Å². The van der Waals surface area contributed by atoms with Crippen molar-refractivity contribution in [2.24, 2.45) is 0 Å². The number of alkyl carbamates (subject to hydrolysis) is 1. The Labute approximate surface area is 306 Å². The molecule has 2 aromatic carbocycles. The monoisotopic (exact) mass is 740 g/mol. The van der Waals surface area contributed by atoms with Gasteiger partial charge in [-0.25, -0.2) is 9.78 Å². The quantitative estimate of drug-likeness (QED) is 0.117. The summed E-state index contributed by atoms with van der Waals surface area (Å²) in [7, 11) is 0. The lowest BCUT2D eigenvalue weighted by Crippen LogP contribution is -2.44. The van der Waals surface area contributed by atoms with E-state index in [-0.39, 0.29) is 42.3 Å². The molecule has 1 saturated carbocycles. The van der Waals surface area contributed by atoms with E-state index in [4.69, 9.17) is 14.7 Å². The first-order valence-corrected chi connectivity index (χ1v) is 16.9.